The Labute approximate surface area is 118 Å². The molecule has 0 unspecified atom stereocenters. The van der Waals surface area contributed by atoms with Crippen molar-refractivity contribution in [2.24, 2.45) is 0 Å². The molecule has 0 bridgehead atoms. The minimum absolute atomic E-state index is 1.05. The van der Waals surface area contributed by atoms with Crippen LogP contribution in [0.25, 0.3) is 22.0 Å². The molecule has 0 saturated heterocycles. The Morgan fingerprint density at radius 1 is 1.00 bits per heavy atom. The summed E-state index contributed by atoms with van der Waals surface area (Å²) in [5, 5.41) is 8.57. The van der Waals surface area contributed by atoms with Crippen LogP contribution >= 0.6 is 0 Å². The van der Waals surface area contributed by atoms with Crippen LogP contribution in [0.4, 0.5) is 0 Å². The van der Waals surface area contributed by atoms with Gasteiger partial charge in [-0.3, -0.25) is 10.00 Å². The average molecular weight is 263 g/mol. The van der Waals surface area contributed by atoms with E-state index in [0.29, 0.717) is 0 Å². The topological polar surface area (TPSA) is 31.9 Å². The molecule has 0 atom stereocenters. The van der Waals surface area contributed by atoms with E-state index in [9.17, 15) is 0 Å². The molecule has 2 heterocycles. The van der Waals surface area contributed by atoms with Crippen LogP contribution < -0.4 is 0 Å². The lowest BCUT2D eigenvalue weighted by atomic mass is 9.99. The summed E-state index contributed by atoms with van der Waals surface area (Å²) in [6.45, 7) is 4.15. The molecule has 0 radical (unpaired) electrons. The summed E-state index contributed by atoms with van der Waals surface area (Å²) < 4.78 is 0. The summed E-state index contributed by atoms with van der Waals surface area (Å²) in [5.74, 6) is 0. The van der Waals surface area contributed by atoms with Crippen LogP contribution in [0.15, 0.2) is 36.4 Å². The SMILES string of the molecule is Cc1n[nH]c2cc(-c3ccc4c(c3)CN(C)C4)ccc12. The molecule has 1 N–H and O–H groups in total. The molecule has 20 heavy (non-hydrogen) atoms. The second kappa shape index (κ2) is 4.18. The minimum atomic E-state index is 1.05. The maximum Gasteiger partial charge on any atom is 0.0669 e. The number of benzene rings is 2. The molecule has 4 rings (SSSR count). The number of aromatic nitrogens is 2. The van der Waals surface area contributed by atoms with Crippen LogP contribution in [0.5, 0.6) is 0 Å². The van der Waals surface area contributed by atoms with Gasteiger partial charge in [0.1, 0.15) is 0 Å². The quantitative estimate of drug-likeness (QED) is 0.729. The second-order valence-corrected chi connectivity index (χ2v) is 5.73. The van der Waals surface area contributed by atoms with Gasteiger partial charge in [0, 0.05) is 18.5 Å². The van der Waals surface area contributed by atoms with E-state index in [1.165, 1.54) is 27.6 Å². The Balaban J connectivity index is 1.81. The van der Waals surface area contributed by atoms with E-state index in [2.05, 4.69) is 58.5 Å². The molecule has 3 heteroatoms. The first-order valence-corrected chi connectivity index (χ1v) is 6.96. The van der Waals surface area contributed by atoms with E-state index in [1.54, 1.807) is 0 Å². The molecule has 2 aromatic carbocycles. The molecule has 0 amide bonds. The monoisotopic (exact) mass is 263 g/mol. The van der Waals surface area contributed by atoms with Crippen LogP contribution in [-0.4, -0.2) is 22.1 Å². The fourth-order valence-corrected chi connectivity index (χ4v) is 3.08. The molecule has 3 aromatic rings. The zero-order valence-corrected chi connectivity index (χ0v) is 11.8. The molecule has 0 fully saturated rings. The Morgan fingerprint density at radius 2 is 1.75 bits per heavy atom. The van der Waals surface area contributed by atoms with Gasteiger partial charge in [-0.1, -0.05) is 24.3 Å². The van der Waals surface area contributed by atoms with Crippen molar-refractivity contribution >= 4 is 10.9 Å². The van der Waals surface area contributed by atoms with E-state index in [-0.39, 0.29) is 0 Å². The smallest absolute Gasteiger partial charge is 0.0669 e. The van der Waals surface area contributed by atoms with Crippen molar-refractivity contribution in [1.29, 1.82) is 0 Å². The van der Waals surface area contributed by atoms with Crippen LogP contribution in [-0.2, 0) is 13.1 Å². The molecular formula is C17H17N3. The third-order valence-electron chi connectivity index (χ3n) is 4.17. The largest absolute Gasteiger partial charge is 0.298 e. The molecule has 3 nitrogen and oxygen atoms in total. The molecule has 0 aliphatic carbocycles. The lowest BCUT2D eigenvalue weighted by Crippen LogP contribution is -2.07. The standard InChI is InChI=1S/C17H17N3/c1-11-16-6-5-13(8-17(16)19-18-11)12-3-4-14-9-20(2)10-15(14)7-12/h3-8H,9-10H2,1-2H3,(H,18,19). The first kappa shape index (κ1) is 11.7. The van der Waals surface area contributed by atoms with Crippen LogP contribution in [0, 0.1) is 6.92 Å². The van der Waals surface area contributed by atoms with Gasteiger partial charge in [-0.25, -0.2) is 0 Å². The van der Waals surface area contributed by atoms with Crippen LogP contribution in [0.2, 0.25) is 0 Å². The Hall–Kier alpha value is -2.13. The molecule has 1 aliphatic rings. The molecular weight excluding hydrogens is 246 g/mol. The van der Waals surface area contributed by atoms with Gasteiger partial charge in [0.15, 0.2) is 0 Å². The maximum atomic E-state index is 4.27. The number of H-pyrrole nitrogens is 1. The molecule has 1 aliphatic heterocycles. The van der Waals surface area contributed by atoms with Gasteiger partial charge in [0.05, 0.1) is 11.2 Å². The third kappa shape index (κ3) is 1.74. The highest BCUT2D eigenvalue weighted by Gasteiger charge is 2.16. The zero-order valence-electron chi connectivity index (χ0n) is 11.8. The summed E-state index contributed by atoms with van der Waals surface area (Å²) in [6, 6.07) is 13.3. The van der Waals surface area contributed by atoms with Gasteiger partial charge in [0.25, 0.3) is 0 Å². The van der Waals surface area contributed by atoms with Crippen LogP contribution in [0.1, 0.15) is 16.8 Å². The normalized spacial score (nSPS) is 14.9. The molecule has 0 spiro atoms. The number of fused-ring (bicyclic) bond motifs is 2. The van der Waals surface area contributed by atoms with E-state index in [0.717, 1.165) is 24.3 Å². The number of hydrogen-bond acceptors (Lipinski definition) is 2. The van der Waals surface area contributed by atoms with Gasteiger partial charge < -0.3 is 0 Å². The summed E-state index contributed by atoms with van der Waals surface area (Å²) in [4.78, 5) is 2.34. The minimum Gasteiger partial charge on any atom is -0.298 e. The molecule has 1 aromatic heterocycles. The van der Waals surface area contributed by atoms with Gasteiger partial charge in [0.2, 0.25) is 0 Å². The summed E-state index contributed by atoms with van der Waals surface area (Å²) in [5.41, 5.74) is 7.60. The van der Waals surface area contributed by atoms with Crippen molar-refractivity contribution in [1.82, 2.24) is 15.1 Å². The molecule has 100 valence electrons. The number of aryl methyl sites for hydroxylation is 1. The Morgan fingerprint density at radius 3 is 2.65 bits per heavy atom. The second-order valence-electron chi connectivity index (χ2n) is 5.73. The summed E-state index contributed by atoms with van der Waals surface area (Å²) >= 11 is 0. The van der Waals surface area contributed by atoms with Crippen molar-refractivity contribution in [3.63, 3.8) is 0 Å². The predicted molar refractivity (Wildman–Crippen MR) is 81.4 cm³/mol. The maximum absolute atomic E-state index is 4.27. The van der Waals surface area contributed by atoms with E-state index < -0.39 is 0 Å². The number of nitrogens with zero attached hydrogens (tertiary/aromatic N) is 2. The average Bonchev–Trinajstić information content (AvgIpc) is 3.00. The van der Waals surface area contributed by atoms with Crippen molar-refractivity contribution in [2.45, 2.75) is 20.0 Å². The predicted octanol–water partition coefficient (Wildman–Crippen LogP) is 3.48. The lowest BCUT2D eigenvalue weighted by Gasteiger charge is -2.05. The van der Waals surface area contributed by atoms with Crippen LogP contribution in [0.3, 0.4) is 0 Å². The third-order valence-corrected chi connectivity index (χ3v) is 4.17. The van der Waals surface area contributed by atoms with Gasteiger partial charge in [-0.05, 0) is 48.4 Å². The van der Waals surface area contributed by atoms with Crippen molar-refractivity contribution in [3.05, 3.63) is 53.2 Å². The highest BCUT2D eigenvalue weighted by molar-refractivity contribution is 5.86. The first-order valence-electron chi connectivity index (χ1n) is 6.96. The van der Waals surface area contributed by atoms with Crippen molar-refractivity contribution in [2.75, 3.05) is 7.05 Å². The van der Waals surface area contributed by atoms with Gasteiger partial charge in [-0.15, -0.1) is 0 Å². The fourth-order valence-electron chi connectivity index (χ4n) is 3.08. The van der Waals surface area contributed by atoms with Gasteiger partial charge >= 0.3 is 0 Å². The van der Waals surface area contributed by atoms with Crippen molar-refractivity contribution in [3.8, 4) is 11.1 Å². The van der Waals surface area contributed by atoms with Crippen molar-refractivity contribution < 1.29 is 0 Å². The molecule has 0 saturated carbocycles. The van der Waals surface area contributed by atoms with Gasteiger partial charge in [-0.2, -0.15) is 5.10 Å². The highest BCUT2D eigenvalue weighted by Crippen LogP contribution is 2.29. The fraction of sp³-hybridized carbons (Fsp3) is 0.235. The van der Waals surface area contributed by atoms with E-state index >= 15 is 0 Å². The number of rotatable bonds is 1. The first-order chi connectivity index (χ1) is 9.70. The lowest BCUT2D eigenvalue weighted by molar-refractivity contribution is 0.353. The summed E-state index contributed by atoms with van der Waals surface area (Å²) in [6.07, 6.45) is 0. The number of hydrogen-bond donors (Lipinski definition) is 1. The van der Waals surface area contributed by atoms with E-state index in [1.807, 2.05) is 6.92 Å². The van der Waals surface area contributed by atoms with E-state index in [4.69, 9.17) is 0 Å². The number of nitrogens with one attached hydrogen (secondary N) is 1. The Bertz CT molecular complexity index is 801. The zero-order chi connectivity index (χ0) is 13.7. The number of aromatic amines is 1. The Kier molecular flexibility index (Phi) is 2.44. The summed E-state index contributed by atoms with van der Waals surface area (Å²) in [7, 11) is 2.17. The highest BCUT2D eigenvalue weighted by atomic mass is 15.1.